The molecule has 0 bridgehead atoms. The molecule has 0 radical (unpaired) electrons. The maximum Gasteiger partial charge on any atom is 0.409 e. The van der Waals surface area contributed by atoms with Crippen LogP contribution < -0.4 is 21.9 Å². The fraction of sp³-hybridized carbons (Fsp3) is 0.714. The van der Waals surface area contributed by atoms with Crippen molar-refractivity contribution in [1.82, 2.24) is 19.4 Å². The molecule has 1 fully saturated rings. The van der Waals surface area contributed by atoms with Gasteiger partial charge in [0.05, 0.1) is 13.2 Å². The predicted octanol–water partition coefficient (Wildman–Crippen LogP) is 0.682. The smallest absolute Gasteiger partial charge is 0.409 e. The third kappa shape index (κ3) is 6.27. The predicted molar refractivity (Wildman–Crippen MR) is 123 cm³/mol. The van der Waals surface area contributed by atoms with Gasteiger partial charge in [0.1, 0.15) is 11.5 Å². The van der Waals surface area contributed by atoms with Crippen LogP contribution in [-0.4, -0.2) is 77.2 Å². The number of aromatic nitrogens is 2. The molecule has 1 aromatic heterocycles. The van der Waals surface area contributed by atoms with E-state index in [2.05, 4.69) is 4.98 Å². The standard InChI is InChI=1S/C21H36N6O5/c1-5-7-8-27-18(22)17(19(29)23-20(27)30)26(13-15(3)4)14-16(28)24-9-11-25(12-10-24)21(31)32-6-2/h15H,5-14,22H2,1-4H3,(H,23,29,30). The highest BCUT2D eigenvalue weighted by Gasteiger charge is 2.28. The Balaban J connectivity index is 2.21. The number of anilines is 2. The van der Waals surface area contributed by atoms with E-state index < -0.39 is 11.2 Å². The van der Waals surface area contributed by atoms with Gasteiger partial charge in [0, 0.05) is 39.3 Å². The molecule has 0 saturated carbocycles. The zero-order valence-corrected chi connectivity index (χ0v) is 19.6. The molecule has 2 heterocycles. The van der Waals surface area contributed by atoms with E-state index in [1.54, 1.807) is 21.6 Å². The van der Waals surface area contributed by atoms with E-state index in [1.165, 1.54) is 4.57 Å². The Hall–Kier alpha value is -2.98. The number of unbranched alkanes of at least 4 members (excludes halogenated alkanes) is 1. The number of nitrogen functional groups attached to an aromatic ring is 1. The molecule has 0 unspecified atom stereocenters. The number of piperazine rings is 1. The Morgan fingerprint density at radius 2 is 1.75 bits per heavy atom. The first-order valence-corrected chi connectivity index (χ1v) is 11.3. The summed E-state index contributed by atoms with van der Waals surface area (Å²) in [5.74, 6) is 0.0605. The Morgan fingerprint density at radius 3 is 2.31 bits per heavy atom. The SMILES string of the molecule is CCCCn1c(N)c(N(CC(=O)N2CCN(C(=O)OCC)CC2)CC(C)C)c(=O)[nH]c1=O. The molecule has 180 valence electrons. The van der Waals surface area contributed by atoms with Crippen molar-refractivity contribution in [2.24, 2.45) is 5.92 Å². The van der Waals surface area contributed by atoms with E-state index in [1.807, 2.05) is 20.8 Å². The van der Waals surface area contributed by atoms with E-state index in [4.69, 9.17) is 10.5 Å². The summed E-state index contributed by atoms with van der Waals surface area (Å²) in [6.45, 7) is 10.3. The van der Waals surface area contributed by atoms with Crippen molar-refractivity contribution < 1.29 is 14.3 Å². The minimum absolute atomic E-state index is 0.0448. The Kier molecular flexibility index (Phi) is 9.15. The first kappa shape index (κ1) is 25.3. The number of carbonyl (C=O) groups is 2. The van der Waals surface area contributed by atoms with Crippen molar-refractivity contribution in [1.29, 1.82) is 0 Å². The average molecular weight is 453 g/mol. The quantitative estimate of drug-likeness (QED) is 0.563. The van der Waals surface area contributed by atoms with Crippen molar-refractivity contribution in [3.8, 4) is 0 Å². The molecule has 11 heteroatoms. The maximum absolute atomic E-state index is 13.0. The Morgan fingerprint density at radius 1 is 1.12 bits per heavy atom. The van der Waals surface area contributed by atoms with Gasteiger partial charge in [0.15, 0.2) is 0 Å². The number of nitrogens with one attached hydrogen (secondary N) is 1. The molecule has 32 heavy (non-hydrogen) atoms. The van der Waals surface area contributed by atoms with Gasteiger partial charge in [-0.15, -0.1) is 0 Å². The number of aromatic amines is 1. The number of ether oxygens (including phenoxy) is 1. The minimum atomic E-state index is -0.596. The van der Waals surface area contributed by atoms with Crippen LogP contribution in [0.2, 0.25) is 0 Å². The molecule has 3 N–H and O–H groups in total. The maximum atomic E-state index is 13.0. The molecule has 0 atom stereocenters. The monoisotopic (exact) mass is 452 g/mol. The first-order chi connectivity index (χ1) is 15.2. The summed E-state index contributed by atoms with van der Waals surface area (Å²) in [6.07, 6.45) is 1.23. The topological polar surface area (TPSA) is 134 Å². The van der Waals surface area contributed by atoms with E-state index in [-0.39, 0.29) is 36.0 Å². The van der Waals surface area contributed by atoms with Gasteiger partial charge in [-0.05, 0) is 19.3 Å². The number of carbonyl (C=O) groups excluding carboxylic acids is 2. The normalized spacial score (nSPS) is 14.0. The third-order valence-electron chi connectivity index (χ3n) is 5.34. The van der Waals surface area contributed by atoms with Crippen LogP contribution in [0.4, 0.5) is 16.3 Å². The van der Waals surface area contributed by atoms with Crippen LogP contribution in [-0.2, 0) is 16.1 Å². The summed E-state index contributed by atoms with van der Waals surface area (Å²) >= 11 is 0. The second-order valence-electron chi connectivity index (χ2n) is 8.34. The second-order valence-corrected chi connectivity index (χ2v) is 8.34. The van der Waals surface area contributed by atoms with E-state index in [0.717, 1.165) is 12.8 Å². The summed E-state index contributed by atoms with van der Waals surface area (Å²) in [4.78, 5) is 57.1. The average Bonchev–Trinajstić information content (AvgIpc) is 2.73. The van der Waals surface area contributed by atoms with Gasteiger partial charge >= 0.3 is 11.8 Å². The van der Waals surface area contributed by atoms with Crippen LogP contribution in [0.5, 0.6) is 0 Å². The van der Waals surface area contributed by atoms with Crippen LogP contribution in [0.15, 0.2) is 9.59 Å². The van der Waals surface area contributed by atoms with Crippen LogP contribution >= 0.6 is 0 Å². The molecular formula is C21H36N6O5. The molecule has 1 aromatic rings. The summed E-state index contributed by atoms with van der Waals surface area (Å²) < 4.78 is 6.37. The fourth-order valence-corrected chi connectivity index (χ4v) is 3.71. The highest BCUT2D eigenvalue weighted by atomic mass is 16.6. The molecule has 0 aromatic carbocycles. The number of rotatable bonds is 9. The van der Waals surface area contributed by atoms with E-state index in [9.17, 15) is 19.2 Å². The van der Waals surface area contributed by atoms with E-state index >= 15 is 0 Å². The van der Waals surface area contributed by atoms with Gasteiger partial charge in [-0.3, -0.25) is 19.1 Å². The molecule has 0 aliphatic carbocycles. The van der Waals surface area contributed by atoms with Gasteiger partial charge in [0.2, 0.25) is 5.91 Å². The number of amides is 2. The largest absolute Gasteiger partial charge is 0.450 e. The number of nitrogens with two attached hydrogens (primary N) is 1. The van der Waals surface area contributed by atoms with Crippen LogP contribution in [0.25, 0.3) is 0 Å². The highest BCUT2D eigenvalue weighted by molar-refractivity contribution is 5.83. The van der Waals surface area contributed by atoms with Gasteiger partial charge in [-0.1, -0.05) is 27.2 Å². The molecule has 2 rings (SSSR count). The van der Waals surface area contributed by atoms with Gasteiger partial charge in [-0.25, -0.2) is 9.59 Å². The van der Waals surface area contributed by atoms with Crippen LogP contribution in [0.3, 0.4) is 0 Å². The zero-order valence-electron chi connectivity index (χ0n) is 19.6. The molecule has 1 aliphatic rings. The van der Waals surface area contributed by atoms with Crippen molar-refractivity contribution in [2.75, 3.05) is 56.5 Å². The number of hydrogen-bond donors (Lipinski definition) is 2. The molecule has 1 saturated heterocycles. The van der Waals surface area contributed by atoms with Gasteiger partial charge < -0.3 is 25.2 Å². The summed E-state index contributed by atoms with van der Waals surface area (Å²) in [5.41, 5.74) is 5.26. The van der Waals surface area contributed by atoms with Gasteiger partial charge in [-0.2, -0.15) is 0 Å². The van der Waals surface area contributed by atoms with Crippen LogP contribution in [0, 0.1) is 5.92 Å². The molecule has 1 aliphatic heterocycles. The lowest BCUT2D eigenvalue weighted by Crippen LogP contribution is -2.53. The lowest BCUT2D eigenvalue weighted by molar-refractivity contribution is -0.131. The highest BCUT2D eigenvalue weighted by Crippen LogP contribution is 2.19. The lowest BCUT2D eigenvalue weighted by atomic mass is 10.2. The Labute approximate surface area is 188 Å². The summed E-state index contributed by atoms with van der Waals surface area (Å²) in [5, 5.41) is 0. The molecule has 0 spiro atoms. The lowest BCUT2D eigenvalue weighted by Gasteiger charge is -2.36. The van der Waals surface area contributed by atoms with Crippen molar-refractivity contribution in [2.45, 2.75) is 47.1 Å². The fourth-order valence-electron chi connectivity index (χ4n) is 3.71. The molecule has 11 nitrogen and oxygen atoms in total. The van der Waals surface area contributed by atoms with Crippen molar-refractivity contribution in [3.05, 3.63) is 20.8 Å². The van der Waals surface area contributed by atoms with Gasteiger partial charge in [0.25, 0.3) is 5.56 Å². The number of hydrogen-bond acceptors (Lipinski definition) is 7. The number of nitrogens with zero attached hydrogens (tertiary/aromatic N) is 4. The summed E-state index contributed by atoms with van der Waals surface area (Å²) in [6, 6.07) is 0. The first-order valence-electron chi connectivity index (χ1n) is 11.3. The van der Waals surface area contributed by atoms with Crippen molar-refractivity contribution >= 4 is 23.5 Å². The Bertz CT molecular complexity index is 901. The van der Waals surface area contributed by atoms with Crippen molar-refractivity contribution in [3.63, 3.8) is 0 Å². The minimum Gasteiger partial charge on any atom is -0.450 e. The summed E-state index contributed by atoms with van der Waals surface area (Å²) in [7, 11) is 0. The molecular weight excluding hydrogens is 416 g/mol. The van der Waals surface area contributed by atoms with Crippen LogP contribution in [0.1, 0.15) is 40.5 Å². The third-order valence-corrected chi connectivity index (χ3v) is 5.34. The number of H-pyrrole nitrogens is 1. The zero-order chi connectivity index (χ0) is 23.8. The second kappa shape index (κ2) is 11.6. The van der Waals surface area contributed by atoms with E-state index in [0.29, 0.717) is 45.9 Å². The molecule has 2 amide bonds.